The molecule has 28 heavy (non-hydrogen) atoms. The lowest BCUT2D eigenvalue weighted by atomic mass is 10.2. The molecule has 2 aliphatic heterocycles. The molecule has 1 aromatic carbocycles. The molecule has 0 radical (unpaired) electrons. The van der Waals surface area contributed by atoms with E-state index in [1.54, 1.807) is 18.9 Å². The van der Waals surface area contributed by atoms with Gasteiger partial charge in [-0.1, -0.05) is 18.2 Å². The lowest BCUT2D eigenvalue weighted by Crippen LogP contribution is -2.59. The molecular formula is C18H16N10. The number of para-hydroxylation sites is 2. The summed E-state index contributed by atoms with van der Waals surface area (Å²) in [4.78, 5) is 16.0. The number of rotatable bonds is 2. The highest BCUT2D eigenvalue weighted by Crippen LogP contribution is 2.33. The van der Waals surface area contributed by atoms with Gasteiger partial charge in [0, 0.05) is 18.0 Å². The second-order valence-corrected chi connectivity index (χ2v) is 6.64. The summed E-state index contributed by atoms with van der Waals surface area (Å²) in [5.41, 5.74) is 3.05. The zero-order valence-electron chi connectivity index (χ0n) is 14.8. The van der Waals surface area contributed by atoms with Crippen LogP contribution in [-0.2, 0) is 0 Å². The van der Waals surface area contributed by atoms with Gasteiger partial charge in [0.05, 0.1) is 11.0 Å². The molecule has 4 aromatic rings. The van der Waals surface area contributed by atoms with E-state index in [0.717, 1.165) is 28.5 Å². The number of nitrogens with zero attached hydrogens (tertiary/aromatic N) is 9. The fraction of sp³-hybridized carbons (Fsp3) is 0.167. The summed E-state index contributed by atoms with van der Waals surface area (Å²) in [7, 11) is 0. The molecule has 0 fully saturated rings. The van der Waals surface area contributed by atoms with Gasteiger partial charge in [-0.15, -0.1) is 10.2 Å². The van der Waals surface area contributed by atoms with Crippen LogP contribution in [0.4, 0.5) is 5.95 Å². The topological polar surface area (TPSA) is 92.3 Å². The van der Waals surface area contributed by atoms with Crippen LogP contribution in [0.1, 0.15) is 11.7 Å². The molecular weight excluding hydrogens is 356 g/mol. The van der Waals surface area contributed by atoms with Crippen LogP contribution in [0.5, 0.6) is 0 Å². The SMILES string of the molecule is c1cncc([C@H]2NC3=NCN(n4cnnc4)CN3c3nc4ccccc4n32)c1. The van der Waals surface area contributed by atoms with Crippen molar-refractivity contribution in [3.63, 3.8) is 0 Å². The van der Waals surface area contributed by atoms with Crippen molar-refractivity contribution in [2.24, 2.45) is 4.99 Å². The van der Waals surface area contributed by atoms with Crippen molar-refractivity contribution >= 4 is 22.9 Å². The van der Waals surface area contributed by atoms with Crippen LogP contribution < -0.4 is 15.2 Å². The number of benzene rings is 1. The van der Waals surface area contributed by atoms with Crippen molar-refractivity contribution < 1.29 is 0 Å². The van der Waals surface area contributed by atoms with Crippen LogP contribution in [0.15, 0.2) is 66.4 Å². The van der Waals surface area contributed by atoms with Gasteiger partial charge in [0.2, 0.25) is 11.9 Å². The van der Waals surface area contributed by atoms with Gasteiger partial charge >= 0.3 is 0 Å². The van der Waals surface area contributed by atoms with Gasteiger partial charge in [-0.25, -0.2) is 14.7 Å². The maximum Gasteiger partial charge on any atom is 0.217 e. The highest BCUT2D eigenvalue weighted by atomic mass is 15.7. The summed E-state index contributed by atoms with van der Waals surface area (Å²) in [6.07, 6.45) is 6.85. The summed E-state index contributed by atoms with van der Waals surface area (Å²) in [6, 6.07) is 12.1. The highest BCUT2D eigenvalue weighted by Gasteiger charge is 2.36. The summed E-state index contributed by atoms with van der Waals surface area (Å²) in [6.45, 7) is 1.07. The minimum atomic E-state index is -0.132. The normalized spacial score (nSPS) is 18.4. The highest BCUT2D eigenvalue weighted by molar-refractivity contribution is 5.99. The fourth-order valence-corrected chi connectivity index (χ4v) is 3.71. The largest absolute Gasteiger partial charge is 0.331 e. The van der Waals surface area contributed by atoms with E-state index in [0.29, 0.717) is 13.3 Å². The van der Waals surface area contributed by atoms with Gasteiger partial charge in [0.25, 0.3) is 0 Å². The number of guanidine groups is 1. The molecule has 6 rings (SSSR count). The van der Waals surface area contributed by atoms with Crippen LogP contribution in [0.3, 0.4) is 0 Å². The van der Waals surface area contributed by atoms with E-state index < -0.39 is 0 Å². The predicted molar refractivity (Wildman–Crippen MR) is 103 cm³/mol. The number of hydrogen-bond donors (Lipinski definition) is 1. The second kappa shape index (κ2) is 5.78. The Morgan fingerprint density at radius 2 is 1.93 bits per heavy atom. The molecule has 0 unspecified atom stereocenters. The summed E-state index contributed by atoms with van der Waals surface area (Å²) >= 11 is 0. The lowest BCUT2D eigenvalue weighted by molar-refractivity contribution is 0.494. The Balaban J connectivity index is 1.52. The van der Waals surface area contributed by atoms with Crippen molar-refractivity contribution in [1.29, 1.82) is 0 Å². The van der Waals surface area contributed by atoms with E-state index in [1.807, 2.05) is 40.1 Å². The number of aliphatic imine (C=N–C) groups is 1. The van der Waals surface area contributed by atoms with E-state index in [4.69, 9.17) is 9.98 Å². The molecule has 138 valence electrons. The number of fused-ring (bicyclic) bond motifs is 5. The number of hydrogen-bond acceptors (Lipinski definition) is 8. The van der Waals surface area contributed by atoms with E-state index in [1.165, 1.54) is 0 Å². The van der Waals surface area contributed by atoms with Crippen molar-refractivity contribution in [1.82, 2.24) is 34.7 Å². The molecule has 0 bridgehead atoms. The Hall–Kier alpha value is -3.95. The molecule has 0 aliphatic carbocycles. The monoisotopic (exact) mass is 372 g/mol. The Bertz CT molecular complexity index is 1160. The number of pyridine rings is 1. The van der Waals surface area contributed by atoms with Crippen molar-refractivity contribution in [3.05, 3.63) is 67.0 Å². The summed E-state index contributed by atoms with van der Waals surface area (Å²) in [5.74, 6) is 1.63. The Morgan fingerprint density at radius 3 is 2.79 bits per heavy atom. The summed E-state index contributed by atoms with van der Waals surface area (Å²) in [5, 5.41) is 13.4. The van der Waals surface area contributed by atoms with Gasteiger partial charge in [0.15, 0.2) is 0 Å². The first-order chi connectivity index (χ1) is 13.9. The predicted octanol–water partition coefficient (Wildman–Crippen LogP) is 0.902. The summed E-state index contributed by atoms with van der Waals surface area (Å²) < 4.78 is 4.03. The van der Waals surface area contributed by atoms with Gasteiger partial charge in [0.1, 0.15) is 32.2 Å². The first kappa shape index (κ1) is 15.1. The first-order valence-electron chi connectivity index (χ1n) is 8.94. The molecule has 0 saturated heterocycles. The van der Waals surface area contributed by atoms with E-state index in [9.17, 15) is 0 Å². The van der Waals surface area contributed by atoms with Gasteiger partial charge < -0.3 is 5.32 Å². The number of aromatic nitrogens is 6. The molecule has 2 aliphatic rings. The lowest BCUT2D eigenvalue weighted by Gasteiger charge is -2.42. The average molecular weight is 372 g/mol. The zero-order valence-corrected chi connectivity index (χ0v) is 14.8. The van der Waals surface area contributed by atoms with Crippen LogP contribution >= 0.6 is 0 Å². The van der Waals surface area contributed by atoms with Crippen LogP contribution in [-0.4, -0.2) is 48.7 Å². The van der Waals surface area contributed by atoms with Gasteiger partial charge in [-0.2, -0.15) is 0 Å². The average Bonchev–Trinajstić information content (AvgIpc) is 3.42. The molecule has 1 N–H and O–H groups in total. The number of anilines is 1. The molecule has 0 saturated carbocycles. The van der Waals surface area contributed by atoms with Crippen molar-refractivity contribution in [2.45, 2.75) is 6.17 Å². The van der Waals surface area contributed by atoms with Gasteiger partial charge in [-0.05, 0) is 18.2 Å². The van der Waals surface area contributed by atoms with Crippen LogP contribution in [0, 0.1) is 0 Å². The van der Waals surface area contributed by atoms with E-state index in [-0.39, 0.29) is 6.17 Å². The van der Waals surface area contributed by atoms with E-state index >= 15 is 0 Å². The Morgan fingerprint density at radius 1 is 1.04 bits per heavy atom. The third kappa shape index (κ3) is 2.17. The zero-order chi connectivity index (χ0) is 18.5. The molecule has 10 nitrogen and oxygen atoms in total. The number of nitrogens with one attached hydrogen (secondary N) is 1. The van der Waals surface area contributed by atoms with E-state index in [2.05, 4.69) is 42.1 Å². The Kier molecular flexibility index (Phi) is 3.12. The molecule has 5 heterocycles. The molecule has 3 aromatic heterocycles. The third-order valence-corrected chi connectivity index (χ3v) is 5.02. The standard InChI is InChI=1S/C18H16N10/c1-2-6-15-14(5-1)23-18-27-12-26(25-10-21-22-11-25)9-20-17(27)24-16(28(15)18)13-4-3-7-19-8-13/h1-8,10-11,16H,9,12H2,(H,20,24)/t16-/m0/s1. The smallest absolute Gasteiger partial charge is 0.217 e. The minimum Gasteiger partial charge on any atom is -0.331 e. The Labute approximate surface area is 159 Å². The molecule has 0 amide bonds. The molecule has 10 heteroatoms. The van der Waals surface area contributed by atoms with Crippen LogP contribution in [0.25, 0.3) is 11.0 Å². The van der Waals surface area contributed by atoms with Crippen molar-refractivity contribution in [2.75, 3.05) is 23.2 Å². The van der Waals surface area contributed by atoms with Gasteiger partial charge in [-0.3, -0.25) is 19.5 Å². The minimum absolute atomic E-state index is 0.132. The first-order valence-corrected chi connectivity index (χ1v) is 8.94. The van der Waals surface area contributed by atoms with Crippen LogP contribution in [0.2, 0.25) is 0 Å². The second-order valence-electron chi connectivity index (χ2n) is 6.64. The molecule has 1 atom stereocenters. The maximum absolute atomic E-state index is 4.91. The fourth-order valence-electron chi connectivity index (χ4n) is 3.71. The number of imidazole rings is 1. The quantitative estimate of drug-likeness (QED) is 0.559. The van der Waals surface area contributed by atoms with Crippen molar-refractivity contribution in [3.8, 4) is 0 Å². The molecule has 0 spiro atoms. The third-order valence-electron chi connectivity index (χ3n) is 5.02. The maximum atomic E-state index is 4.91.